The first-order valence-corrected chi connectivity index (χ1v) is 9.26. The SMILES string of the molecule is CC(C)(C)c1cc(NC(=O)CN2CCN(C(=O)c3ccc(F)cc3)CC2)on1. The van der Waals surface area contributed by atoms with E-state index in [2.05, 4.69) is 10.5 Å². The molecule has 1 fully saturated rings. The van der Waals surface area contributed by atoms with E-state index in [1.807, 2.05) is 25.7 Å². The molecule has 0 spiro atoms. The Morgan fingerprint density at radius 1 is 1.14 bits per heavy atom. The minimum atomic E-state index is -0.367. The third-order valence-corrected chi connectivity index (χ3v) is 4.66. The van der Waals surface area contributed by atoms with Crippen molar-refractivity contribution in [1.82, 2.24) is 15.0 Å². The molecule has 1 aliphatic rings. The lowest BCUT2D eigenvalue weighted by atomic mass is 9.92. The van der Waals surface area contributed by atoms with E-state index in [1.54, 1.807) is 11.0 Å². The topological polar surface area (TPSA) is 78.7 Å². The Kier molecular flexibility index (Phi) is 5.79. The summed E-state index contributed by atoms with van der Waals surface area (Å²) < 4.78 is 18.2. The Labute approximate surface area is 163 Å². The number of anilines is 1. The van der Waals surface area contributed by atoms with Gasteiger partial charge in [0.2, 0.25) is 11.8 Å². The minimum Gasteiger partial charge on any atom is -0.338 e. The van der Waals surface area contributed by atoms with Crippen molar-refractivity contribution in [3.63, 3.8) is 0 Å². The molecule has 0 radical (unpaired) electrons. The van der Waals surface area contributed by atoms with Crippen molar-refractivity contribution in [2.45, 2.75) is 26.2 Å². The molecule has 1 N–H and O–H groups in total. The summed E-state index contributed by atoms with van der Waals surface area (Å²) in [4.78, 5) is 28.4. The van der Waals surface area contributed by atoms with E-state index in [0.717, 1.165) is 5.69 Å². The number of piperazine rings is 1. The molecule has 1 aromatic heterocycles. The van der Waals surface area contributed by atoms with Crippen molar-refractivity contribution in [2.24, 2.45) is 0 Å². The number of aromatic nitrogens is 1. The Balaban J connectivity index is 1.47. The number of rotatable bonds is 4. The Morgan fingerprint density at radius 3 is 2.36 bits per heavy atom. The maximum Gasteiger partial charge on any atom is 0.253 e. The Morgan fingerprint density at radius 2 is 1.79 bits per heavy atom. The summed E-state index contributed by atoms with van der Waals surface area (Å²) in [5, 5.41) is 6.70. The fourth-order valence-corrected chi connectivity index (χ4v) is 2.95. The maximum atomic E-state index is 13.0. The highest BCUT2D eigenvalue weighted by molar-refractivity contribution is 5.94. The molecule has 1 aromatic carbocycles. The molecule has 7 nitrogen and oxygen atoms in total. The molecular formula is C20H25FN4O3. The third-order valence-electron chi connectivity index (χ3n) is 4.66. The van der Waals surface area contributed by atoms with Gasteiger partial charge >= 0.3 is 0 Å². The molecule has 28 heavy (non-hydrogen) atoms. The molecule has 3 rings (SSSR count). The summed E-state index contributed by atoms with van der Waals surface area (Å²) in [7, 11) is 0. The molecule has 2 amide bonds. The van der Waals surface area contributed by atoms with E-state index in [-0.39, 0.29) is 29.6 Å². The Hall–Kier alpha value is -2.74. The smallest absolute Gasteiger partial charge is 0.253 e. The van der Waals surface area contributed by atoms with Crippen molar-refractivity contribution in [3.8, 4) is 0 Å². The summed E-state index contributed by atoms with van der Waals surface area (Å²) in [6, 6.07) is 7.27. The van der Waals surface area contributed by atoms with Crippen LogP contribution >= 0.6 is 0 Å². The van der Waals surface area contributed by atoms with E-state index in [1.165, 1.54) is 24.3 Å². The third kappa shape index (κ3) is 4.95. The van der Waals surface area contributed by atoms with Gasteiger partial charge in [-0.25, -0.2) is 4.39 Å². The summed E-state index contributed by atoms with van der Waals surface area (Å²) in [5.41, 5.74) is 1.09. The molecule has 8 heteroatoms. The fourth-order valence-electron chi connectivity index (χ4n) is 2.95. The second-order valence-electron chi connectivity index (χ2n) is 7.95. The summed E-state index contributed by atoms with van der Waals surface area (Å²) in [5.74, 6) is -0.343. The number of carbonyl (C=O) groups is 2. The number of halogens is 1. The minimum absolute atomic E-state index is 0.125. The van der Waals surface area contributed by atoms with Crippen LogP contribution < -0.4 is 5.32 Å². The first kappa shape index (κ1) is 20.0. The molecule has 1 saturated heterocycles. The quantitative estimate of drug-likeness (QED) is 0.871. The molecule has 0 bridgehead atoms. The number of hydrogen-bond acceptors (Lipinski definition) is 5. The van der Waals surface area contributed by atoms with Crippen molar-refractivity contribution in [3.05, 3.63) is 47.4 Å². The number of nitrogens with one attached hydrogen (secondary N) is 1. The van der Waals surface area contributed by atoms with Gasteiger partial charge in [0.25, 0.3) is 5.91 Å². The maximum absolute atomic E-state index is 13.0. The van der Waals surface area contributed by atoms with E-state index in [4.69, 9.17) is 4.52 Å². The highest BCUT2D eigenvalue weighted by Crippen LogP contribution is 2.23. The molecule has 0 aliphatic carbocycles. The predicted molar refractivity (Wildman–Crippen MR) is 103 cm³/mol. The Bertz CT molecular complexity index is 834. The van der Waals surface area contributed by atoms with Crippen LogP contribution in [0.2, 0.25) is 0 Å². The zero-order valence-electron chi connectivity index (χ0n) is 16.4. The molecule has 1 aliphatic heterocycles. The van der Waals surface area contributed by atoms with Gasteiger partial charge in [-0.1, -0.05) is 25.9 Å². The van der Waals surface area contributed by atoms with Crippen LogP contribution in [0.15, 0.2) is 34.9 Å². The highest BCUT2D eigenvalue weighted by Gasteiger charge is 2.24. The van der Waals surface area contributed by atoms with Crippen LogP contribution in [0.5, 0.6) is 0 Å². The van der Waals surface area contributed by atoms with Crippen LogP contribution in [0.4, 0.5) is 10.3 Å². The van der Waals surface area contributed by atoms with Gasteiger partial charge < -0.3 is 9.42 Å². The molecule has 0 atom stereocenters. The number of carbonyl (C=O) groups excluding carboxylic acids is 2. The fraction of sp³-hybridized carbons (Fsp3) is 0.450. The van der Waals surface area contributed by atoms with Crippen molar-refractivity contribution >= 4 is 17.7 Å². The number of hydrogen-bond donors (Lipinski definition) is 1. The zero-order valence-corrected chi connectivity index (χ0v) is 16.4. The summed E-state index contributed by atoms with van der Waals surface area (Å²) >= 11 is 0. The highest BCUT2D eigenvalue weighted by atomic mass is 19.1. The van der Waals surface area contributed by atoms with Gasteiger partial charge in [0.05, 0.1) is 12.2 Å². The van der Waals surface area contributed by atoms with Crippen molar-refractivity contribution in [2.75, 3.05) is 38.0 Å². The van der Waals surface area contributed by atoms with E-state index in [9.17, 15) is 14.0 Å². The van der Waals surface area contributed by atoms with Gasteiger partial charge in [-0.3, -0.25) is 19.8 Å². The normalized spacial score (nSPS) is 15.5. The van der Waals surface area contributed by atoms with Gasteiger partial charge in [-0.05, 0) is 24.3 Å². The van der Waals surface area contributed by atoms with Crippen LogP contribution in [0, 0.1) is 5.82 Å². The van der Waals surface area contributed by atoms with Crippen molar-refractivity contribution < 1.29 is 18.5 Å². The standard InChI is InChI=1S/C20H25FN4O3/c1-20(2,3)16-12-18(28-23-16)22-17(26)13-24-8-10-25(11-9-24)19(27)14-4-6-15(21)7-5-14/h4-7,12H,8-11,13H2,1-3H3,(H,22,26). The van der Waals surface area contributed by atoms with E-state index < -0.39 is 0 Å². The van der Waals surface area contributed by atoms with Crippen LogP contribution in [0.1, 0.15) is 36.8 Å². The van der Waals surface area contributed by atoms with Crippen molar-refractivity contribution in [1.29, 1.82) is 0 Å². The number of nitrogens with zero attached hydrogens (tertiary/aromatic N) is 3. The summed E-state index contributed by atoms with van der Waals surface area (Å²) in [6.45, 7) is 8.47. The van der Waals surface area contributed by atoms with Crippen LogP contribution in [-0.4, -0.2) is 59.5 Å². The monoisotopic (exact) mass is 388 g/mol. The lowest BCUT2D eigenvalue weighted by molar-refractivity contribution is -0.117. The number of benzene rings is 1. The second-order valence-corrected chi connectivity index (χ2v) is 7.95. The van der Waals surface area contributed by atoms with Crippen LogP contribution in [0.25, 0.3) is 0 Å². The van der Waals surface area contributed by atoms with Gasteiger partial charge in [-0.15, -0.1) is 0 Å². The van der Waals surface area contributed by atoms with E-state index >= 15 is 0 Å². The zero-order chi connectivity index (χ0) is 20.3. The largest absolute Gasteiger partial charge is 0.338 e. The van der Waals surface area contributed by atoms with Gasteiger partial charge in [0, 0.05) is 43.2 Å². The first-order valence-electron chi connectivity index (χ1n) is 9.26. The first-order chi connectivity index (χ1) is 13.2. The molecule has 150 valence electrons. The van der Waals surface area contributed by atoms with Gasteiger partial charge in [0.15, 0.2) is 0 Å². The summed E-state index contributed by atoms with van der Waals surface area (Å²) in [6.07, 6.45) is 0. The molecule has 2 aromatic rings. The second kappa shape index (κ2) is 8.10. The average molecular weight is 388 g/mol. The molecular weight excluding hydrogens is 363 g/mol. The average Bonchev–Trinajstić information content (AvgIpc) is 3.11. The van der Waals surface area contributed by atoms with E-state index in [0.29, 0.717) is 37.6 Å². The molecule has 2 heterocycles. The van der Waals surface area contributed by atoms with Gasteiger partial charge in [0.1, 0.15) is 5.82 Å². The predicted octanol–water partition coefficient (Wildman–Crippen LogP) is 2.51. The molecule has 0 unspecified atom stereocenters. The number of amides is 2. The lowest BCUT2D eigenvalue weighted by Gasteiger charge is -2.34. The van der Waals surface area contributed by atoms with Gasteiger partial charge in [-0.2, -0.15) is 0 Å². The van der Waals surface area contributed by atoms with Crippen LogP contribution in [0.3, 0.4) is 0 Å². The van der Waals surface area contributed by atoms with Crippen LogP contribution in [-0.2, 0) is 10.2 Å². The lowest BCUT2D eigenvalue weighted by Crippen LogP contribution is -2.50. The molecule has 0 saturated carbocycles.